The summed E-state index contributed by atoms with van der Waals surface area (Å²) in [5.74, 6) is 1.85. The molecule has 0 aromatic heterocycles. The Hall–Kier alpha value is -0.240. The van der Waals surface area contributed by atoms with Gasteiger partial charge in [-0.1, -0.05) is 26.0 Å². The quantitative estimate of drug-likeness (QED) is 0.484. The van der Waals surface area contributed by atoms with Crippen LogP contribution in [0.3, 0.4) is 0 Å². The van der Waals surface area contributed by atoms with E-state index in [1.54, 1.807) is 0 Å². The smallest absolute Gasteiger partial charge is 0.134 e. The van der Waals surface area contributed by atoms with E-state index in [1.165, 1.54) is 24.8 Å². The minimum atomic E-state index is -2.87. The monoisotopic (exact) mass is 217 g/mol. The number of hydrogen-bond donors (Lipinski definition) is 2. The van der Waals surface area contributed by atoms with Crippen molar-refractivity contribution in [1.29, 1.82) is 0 Å². The predicted octanol–water partition coefficient (Wildman–Crippen LogP) is 2.63. The number of allylic oxidation sites excluding steroid dienone is 1. The predicted molar refractivity (Wildman–Crippen MR) is 55.8 cm³/mol. The highest BCUT2D eigenvalue weighted by Gasteiger charge is 2.47. The maximum Gasteiger partial charge on any atom is 0.692 e. The third-order valence-electron chi connectivity index (χ3n) is 3.77. The van der Waals surface area contributed by atoms with E-state index in [4.69, 9.17) is 14.4 Å². The summed E-state index contributed by atoms with van der Waals surface area (Å²) in [5.41, 5.74) is 2.01. The highest BCUT2D eigenvalue weighted by molar-refractivity contribution is 7.30. The third-order valence-corrected chi connectivity index (χ3v) is 3.77. The van der Waals surface area contributed by atoms with Crippen molar-refractivity contribution < 1.29 is 14.4 Å². The lowest BCUT2D eigenvalue weighted by atomic mass is 9.73. The van der Waals surface area contributed by atoms with Crippen molar-refractivity contribution in [3.63, 3.8) is 0 Å². The molecule has 2 aliphatic rings. The maximum atomic E-state index is 8.70. The highest BCUT2D eigenvalue weighted by Crippen LogP contribution is 2.58. The van der Waals surface area contributed by atoms with Gasteiger partial charge in [-0.3, -0.25) is 0 Å². The fourth-order valence-electron chi connectivity index (χ4n) is 2.74. The Kier molecular flexibility index (Phi) is 3.46. The Morgan fingerprint density at radius 2 is 1.93 bits per heavy atom. The van der Waals surface area contributed by atoms with E-state index >= 15 is 0 Å². The van der Waals surface area contributed by atoms with Gasteiger partial charge in [0.2, 0.25) is 0 Å². The zero-order valence-electron chi connectivity index (χ0n) is 8.73. The highest BCUT2D eigenvalue weighted by atomic mass is 31.1. The topological polar surface area (TPSA) is 57.5 Å². The van der Waals surface area contributed by atoms with Gasteiger partial charge < -0.3 is 0 Å². The first-order valence-electron chi connectivity index (χ1n) is 4.90. The normalized spacial score (nSPS) is 32.4. The molecule has 2 N–H and O–H groups in total. The van der Waals surface area contributed by atoms with Crippen LogP contribution in [0.4, 0.5) is 0 Å². The number of fused-ring (bicyclic) bond motifs is 2. The van der Waals surface area contributed by atoms with Crippen LogP contribution >= 0.6 is 8.25 Å². The van der Waals surface area contributed by atoms with Crippen LogP contribution in [0.2, 0.25) is 0 Å². The molecule has 14 heavy (non-hydrogen) atoms. The van der Waals surface area contributed by atoms with Crippen LogP contribution in [-0.4, -0.2) is 9.79 Å². The molecular formula is C10H18O3P+. The molecule has 80 valence electrons. The van der Waals surface area contributed by atoms with Gasteiger partial charge in [0.1, 0.15) is 0 Å². The first-order valence-corrected chi connectivity index (χ1v) is 6.06. The molecule has 2 bridgehead atoms. The van der Waals surface area contributed by atoms with E-state index in [1.807, 2.05) is 0 Å². The summed E-state index contributed by atoms with van der Waals surface area (Å²) < 4.78 is 8.70. The van der Waals surface area contributed by atoms with Gasteiger partial charge in [0.25, 0.3) is 0 Å². The molecule has 0 spiro atoms. The van der Waals surface area contributed by atoms with Gasteiger partial charge in [-0.2, -0.15) is 0 Å². The SMILES string of the molecule is C=C1C2CCC(C2)C1(C)C.O=[P+](O)O. The van der Waals surface area contributed by atoms with Crippen LogP contribution in [0.25, 0.3) is 0 Å². The van der Waals surface area contributed by atoms with Crippen LogP contribution < -0.4 is 0 Å². The molecule has 2 rings (SSSR count). The maximum absolute atomic E-state index is 8.70. The molecule has 3 nitrogen and oxygen atoms in total. The molecule has 2 aliphatic carbocycles. The van der Waals surface area contributed by atoms with E-state index in [9.17, 15) is 0 Å². The second-order valence-electron chi connectivity index (χ2n) is 4.71. The summed E-state index contributed by atoms with van der Waals surface area (Å²) in [4.78, 5) is 14.2. The van der Waals surface area contributed by atoms with E-state index in [0.29, 0.717) is 5.41 Å². The van der Waals surface area contributed by atoms with Crippen LogP contribution in [0.1, 0.15) is 33.1 Å². The van der Waals surface area contributed by atoms with E-state index in [0.717, 1.165) is 11.8 Å². The summed E-state index contributed by atoms with van der Waals surface area (Å²) in [7, 11) is -2.87. The molecule has 0 aromatic carbocycles. The Labute approximate surface area is 85.8 Å². The second kappa shape index (κ2) is 4.09. The fourth-order valence-corrected chi connectivity index (χ4v) is 2.74. The number of hydrogen-bond acceptors (Lipinski definition) is 1. The molecule has 2 fully saturated rings. The lowest BCUT2D eigenvalue weighted by molar-refractivity contribution is 0.289. The molecular weight excluding hydrogens is 199 g/mol. The zero-order valence-corrected chi connectivity index (χ0v) is 9.63. The minimum Gasteiger partial charge on any atom is -0.134 e. The van der Waals surface area contributed by atoms with E-state index < -0.39 is 8.25 Å². The van der Waals surface area contributed by atoms with Crippen molar-refractivity contribution in [2.45, 2.75) is 33.1 Å². The van der Waals surface area contributed by atoms with E-state index in [-0.39, 0.29) is 0 Å². The van der Waals surface area contributed by atoms with Gasteiger partial charge in [-0.15, -0.1) is 9.79 Å². The Morgan fingerprint density at radius 1 is 1.43 bits per heavy atom. The molecule has 0 aromatic rings. The summed E-state index contributed by atoms with van der Waals surface area (Å²) in [6.07, 6.45) is 4.31. The lowest BCUT2D eigenvalue weighted by Crippen LogP contribution is -2.21. The van der Waals surface area contributed by atoms with E-state index in [2.05, 4.69) is 20.4 Å². The minimum absolute atomic E-state index is 0.475. The van der Waals surface area contributed by atoms with Gasteiger partial charge in [0, 0.05) is 4.57 Å². The second-order valence-corrected chi connectivity index (χ2v) is 5.21. The van der Waals surface area contributed by atoms with Crippen molar-refractivity contribution in [2.24, 2.45) is 17.3 Å². The molecule has 2 atom stereocenters. The first-order chi connectivity index (χ1) is 6.35. The van der Waals surface area contributed by atoms with Crippen LogP contribution in [0, 0.1) is 17.3 Å². The number of rotatable bonds is 0. The average molecular weight is 217 g/mol. The van der Waals surface area contributed by atoms with Gasteiger partial charge in [-0.05, 0) is 36.5 Å². The molecule has 0 radical (unpaired) electrons. The molecule has 0 amide bonds. The zero-order chi connectivity index (χ0) is 10.9. The van der Waals surface area contributed by atoms with Crippen LogP contribution in [-0.2, 0) is 4.57 Å². The molecule has 0 heterocycles. The van der Waals surface area contributed by atoms with Crippen LogP contribution in [0.15, 0.2) is 12.2 Å². The van der Waals surface area contributed by atoms with Crippen LogP contribution in [0.5, 0.6) is 0 Å². The largest absolute Gasteiger partial charge is 0.692 e. The van der Waals surface area contributed by atoms with Crippen molar-refractivity contribution in [3.05, 3.63) is 12.2 Å². The average Bonchev–Trinajstić information content (AvgIpc) is 2.54. The third kappa shape index (κ3) is 2.22. The van der Waals surface area contributed by atoms with Crippen molar-refractivity contribution in [1.82, 2.24) is 0 Å². The van der Waals surface area contributed by atoms with Crippen molar-refractivity contribution in [2.75, 3.05) is 0 Å². The Bertz CT molecular complexity index is 256. The molecule has 0 aliphatic heterocycles. The summed E-state index contributed by atoms with van der Waals surface area (Å²) >= 11 is 0. The summed E-state index contributed by atoms with van der Waals surface area (Å²) in [5, 5.41) is 0. The molecule has 4 heteroatoms. The Morgan fingerprint density at radius 3 is 2.14 bits per heavy atom. The van der Waals surface area contributed by atoms with Gasteiger partial charge in [-0.25, -0.2) is 0 Å². The molecule has 2 unspecified atom stereocenters. The summed E-state index contributed by atoms with van der Waals surface area (Å²) in [6.45, 7) is 8.91. The Balaban J connectivity index is 0.000000213. The lowest BCUT2D eigenvalue weighted by Gasteiger charge is -2.31. The first kappa shape index (κ1) is 11.8. The van der Waals surface area contributed by atoms with Gasteiger partial charge >= 0.3 is 8.25 Å². The molecule has 2 saturated carbocycles. The standard InChI is InChI=1S/C10H16.HO3P/c1-7-8-4-5-9(6-8)10(7,2)3;1-4(2)3/h8-9H,1,4-6H2,2-3H3;(H-,1,2,3)/p+1. The van der Waals surface area contributed by atoms with Gasteiger partial charge in [0.05, 0.1) is 0 Å². The summed E-state index contributed by atoms with van der Waals surface area (Å²) in [6, 6.07) is 0. The molecule has 0 saturated heterocycles. The van der Waals surface area contributed by atoms with Crippen molar-refractivity contribution >= 4 is 8.25 Å². The fraction of sp³-hybridized carbons (Fsp3) is 0.800. The van der Waals surface area contributed by atoms with Gasteiger partial charge in [0.15, 0.2) is 0 Å². The van der Waals surface area contributed by atoms with Crippen molar-refractivity contribution in [3.8, 4) is 0 Å².